The van der Waals surface area contributed by atoms with Gasteiger partial charge in [-0.25, -0.2) is 0 Å². The monoisotopic (exact) mass is 443 g/mol. The predicted molar refractivity (Wildman–Crippen MR) is 104 cm³/mol. The largest absolute Gasteiger partial charge is 0.502 e. The molecule has 0 spiro atoms. The van der Waals surface area contributed by atoms with Crippen LogP contribution in [0.3, 0.4) is 0 Å². The third-order valence-corrected chi connectivity index (χ3v) is 4.37. The van der Waals surface area contributed by atoms with Gasteiger partial charge in [-0.3, -0.25) is 15.0 Å². The average molecular weight is 445 g/mol. The summed E-state index contributed by atoms with van der Waals surface area (Å²) in [7, 11) is 0. The lowest BCUT2D eigenvalue weighted by Crippen LogP contribution is -2.48. The van der Waals surface area contributed by atoms with Gasteiger partial charge in [0.15, 0.2) is 5.75 Å². The first-order valence-corrected chi connectivity index (χ1v) is 8.12. The van der Waals surface area contributed by atoms with Crippen molar-refractivity contribution in [2.45, 2.75) is 26.8 Å². The summed E-state index contributed by atoms with van der Waals surface area (Å²) in [5.74, 6) is -0.230. The number of rotatable bonds is 3. The Kier molecular flexibility index (Phi) is 8.97. The summed E-state index contributed by atoms with van der Waals surface area (Å²) in [6.07, 6.45) is 0. The van der Waals surface area contributed by atoms with E-state index in [4.69, 9.17) is 0 Å². The highest BCUT2D eigenvalue weighted by atomic mass is 79.9. The molecule has 0 amide bonds. The Labute approximate surface area is 163 Å². The van der Waals surface area contributed by atoms with Gasteiger partial charge in [-0.05, 0) is 11.5 Å². The van der Waals surface area contributed by atoms with Crippen molar-refractivity contribution in [2.24, 2.45) is 5.41 Å². The van der Waals surface area contributed by atoms with Crippen LogP contribution in [0.2, 0.25) is 0 Å². The highest BCUT2D eigenvalue weighted by Gasteiger charge is 2.36. The molecule has 1 atom stereocenters. The Morgan fingerprint density at radius 3 is 2.29 bits per heavy atom. The number of phenols is 1. The quantitative estimate of drug-likeness (QED) is 0.545. The van der Waals surface area contributed by atoms with Crippen LogP contribution in [0.5, 0.6) is 5.75 Å². The number of nitrogens with zero attached hydrogens (tertiary/aromatic N) is 2. The maximum absolute atomic E-state index is 11.2. The lowest BCUT2D eigenvalue weighted by atomic mass is 9.80. The zero-order valence-corrected chi connectivity index (χ0v) is 17.1. The SMILES string of the molecule is CC(C)(C)[C@@H](c1cc(Br)cc([N+](=O)[O-])c1O)N1CCNCC1.Cl.Cl. The first kappa shape index (κ1) is 23.4. The molecule has 1 aromatic rings. The van der Waals surface area contributed by atoms with E-state index in [0.717, 1.165) is 26.2 Å². The molecule has 1 aliphatic heterocycles. The number of benzene rings is 1. The van der Waals surface area contributed by atoms with Gasteiger partial charge in [0.2, 0.25) is 0 Å². The normalized spacial score (nSPS) is 16.7. The second-order valence-corrected chi connectivity index (χ2v) is 7.59. The summed E-state index contributed by atoms with van der Waals surface area (Å²) < 4.78 is 0.608. The van der Waals surface area contributed by atoms with Gasteiger partial charge < -0.3 is 10.4 Å². The molecular weight excluding hydrogens is 421 g/mol. The molecule has 6 nitrogen and oxygen atoms in total. The second kappa shape index (κ2) is 9.20. The fourth-order valence-electron chi connectivity index (χ4n) is 3.10. The molecule has 1 heterocycles. The molecule has 2 N–H and O–H groups in total. The zero-order valence-electron chi connectivity index (χ0n) is 13.9. The van der Waals surface area contributed by atoms with Crippen LogP contribution in [0.1, 0.15) is 32.4 Å². The van der Waals surface area contributed by atoms with Gasteiger partial charge in [0.1, 0.15) is 0 Å². The maximum Gasteiger partial charge on any atom is 0.312 e. The lowest BCUT2D eigenvalue weighted by molar-refractivity contribution is -0.386. The van der Waals surface area contributed by atoms with Crippen molar-refractivity contribution in [3.8, 4) is 5.75 Å². The van der Waals surface area contributed by atoms with Crippen LogP contribution in [0.4, 0.5) is 5.69 Å². The molecule has 138 valence electrons. The molecule has 0 saturated carbocycles. The van der Waals surface area contributed by atoms with Crippen LogP contribution in [-0.4, -0.2) is 41.1 Å². The van der Waals surface area contributed by atoms with Gasteiger partial charge in [0.05, 0.1) is 4.92 Å². The van der Waals surface area contributed by atoms with E-state index in [1.165, 1.54) is 6.07 Å². The molecule has 0 unspecified atom stereocenters. The zero-order chi connectivity index (χ0) is 16.5. The summed E-state index contributed by atoms with van der Waals surface area (Å²) in [6.45, 7) is 9.72. The minimum absolute atomic E-state index is 0. The van der Waals surface area contributed by atoms with Crippen molar-refractivity contribution in [3.63, 3.8) is 0 Å². The van der Waals surface area contributed by atoms with Crippen LogP contribution in [0.25, 0.3) is 0 Å². The minimum Gasteiger partial charge on any atom is -0.502 e. The summed E-state index contributed by atoms with van der Waals surface area (Å²) in [6, 6.07) is 3.04. The average Bonchev–Trinajstić information content (AvgIpc) is 2.42. The Balaban J connectivity index is 0.00000264. The molecule has 0 radical (unpaired) electrons. The van der Waals surface area contributed by atoms with E-state index < -0.39 is 4.92 Å². The van der Waals surface area contributed by atoms with Crippen LogP contribution in [-0.2, 0) is 0 Å². The highest BCUT2D eigenvalue weighted by Crippen LogP contribution is 2.45. The second-order valence-electron chi connectivity index (χ2n) is 6.67. The van der Waals surface area contributed by atoms with Crippen molar-refractivity contribution in [2.75, 3.05) is 26.2 Å². The van der Waals surface area contributed by atoms with Crippen LogP contribution in [0.15, 0.2) is 16.6 Å². The Bertz CT molecular complexity index is 576. The number of hydrogen-bond donors (Lipinski definition) is 2. The molecule has 1 saturated heterocycles. The van der Waals surface area contributed by atoms with Gasteiger partial charge in [0, 0.05) is 48.3 Å². The molecular formula is C15H24BrCl2N3O3. The number of nitro groups is 1. The highest BCUT2D eigenvalue weighted by molar-refractivity contribution is 9.10. The number of halogens is 3. The van der Waals surface area contributed by atoms with Crippen molar-refractivity contribution in [1.82, 2.24) is 10.2 Å². The van der Waals surface area contributed by atoms with Crippen molar-refractivity contribution < 1.29 is 10.0 Å². The maximum atomic E-state index is 11.2. The van der Waals surface area contributed by atoms with Gasteiger partial charge in [-0.2, -0.15) is 0 Å². The third kappa shape index (κ3) is 5.20. The lowest BCUT2D eigenvalue weighted by Gasteiger charge is -2.42. The fraction of sp³-hybridized carbons (Fsp3) is 0.600. The van der Waals surface area contributed by atoms with E-state index in [1.807, 2.05) is 0 Å². The van der Waals surface area contributed by atoms with E-state index in [1.54, 1.807) is 6.07 Å². The Hall–Kier alpha value is -0.600. The number of phenolic OH excluding ortho intramolecular Hbond substituents is 1. The Morgan fingerprint density at radius 2 is 1.83 bits per heavy atom. The number of hydrogen-bond acceptors (Lipinski definition) is 5. The predicted octanol–water partition coefficient (Wildman–Crippen LogP) is 3.90. The van der Waals surface area contributed by atoms with Crippen LogP contribution < -0.4 is 5.32 Å². The molecule has 2 rings (SSSR count). The van der Waals surface area contributed by atoms with Gasteiger partial charge in [-0.1, -0.05) is 36.7 Å². The first-order chi connectivity index (χ1) is 10.2. The number of nitrogens with one attached hydrogen (secondary N) is 1. The molecule has 9 heteroatoms. The minimum atomic E-state index is -0.541. The molecule has 1 aliphatic rings. The summed E-state index contributed by atoms with van der Waals surface area (Å²) in [5, 5.41) is 24.9. The van der Waals surface area contributed by atoms with Crippen LogP contribution in [0, 0.1) is 15.5 Å². The van der Waals surface area contributed by atoms with Gasteiger partial charge >= 0.3 is 5.69 Å². The number of aromatic hydroxyl groups is 1. The standard InChI is InChI=1S/C15H22BrN3O3.2ClH/c1-15(2,3)14(18-6-4-17-5-7-18)11-8-10(16)9-12(13(11)20)19(21)22;;/h8-9,14,17,20H,4-7H2,1-3H3;2*1H/t14-;;/m1../s1. The van der Waals surface area contributed by atoms with Gasteiger partial charge in [-0.15, -0.1) is 24.8 Å². The Morgan fingerprint density at radius 1 is 1.29 bits per heavy atom. The van der Waals surface area contributed by atoms with E-state index in [9.17, 15) is 15.2 Å². The third-order valence-electron chi connectivity index (χ3n) is 3.91. The van der Waals surface area contributed by atoms with E-state index in [0.29, 0.717) is 10.0 Å². The van der Waals surface area contributed by atoms with Crippen molar-refractivity contribution in [3.05, 3.63) is 32.3 Å². The van der Waals surface area contributed by atoms with Gasteiger partial charge in [0.25, 0.3) is 0 Å². The first-order valence-electron chi connectivity index (χ1n) is 7.33. The van der Waals surface area contributed by atoms with Crippen molar-refractivity contribution >= 4 is 46.4 Å². The molecule has 0 aromatic heterocycles. The van der Waals surface area contributed by atoms with E-state index >= 15 is 0 Å². The topological polar surface area (TPSA) is 78.6 Å². The number of piperazine rings is 1. The van der Waals surface area contributed by atoms with Crippen molar-refractivity contribution in [1.29, 1.82) is 0 Å². The molecule has 0 bridgehead atoms. The molecule has 1 fully saturated rings. The summed E-state index contributed by atoms with van der Waals surface area (Å²) in [4.78, 5) is 12.9. The van der Waals surface area contributed by atoms with Crippen LogP contribution >= 0.6 is 40.7 Å². The number of nitro benzene ring substituents is 1. The van der Waals surface area contributed by atoms with E-state index in [2.05, 4.69) is 46.9 Å². The summed E-state index contributed by atoms with van der Waals surface area (Å²) in [5.41, 5.74) is 0.188. The van der Waals surface area contributed by atoms with E-state index in [-0.39, 0.29) is 47.7 Å². The molecule has 0 aliphatic carbocycles. The summed E-state index contributed by atoms with van der Waals surface area (Å²) >= 11 is 3.33. The smallest absolute Gasteiger partial charge is 0.312 e. The fourth-order valence-corrected chi connectivity index (χ4v) is 3.57. The molecule has 24 heavy (non-hydrogen) atoms. The molecule has 1 aromatic carbocycles.